The average Bonchev–Trinajstić information content (AvgIpc) is 2.95. The Balaban J connectivity index is 1.66. The van der Waals surface area contributed by atoms with E-state index in [0.717, 1.165) is 19.3 Å². The summed E-state index contributed by atoms with van der Waals surface area (Å²) in [5.74, 6) is 0.143. The number of nitrogens with two attached hydrogens (primary N) is 1. The lowest BCUT2D eigenvalue weighted by Crippen LogP contribution is -2.44. The van der Waals surface area contributed by atoms with Gasteiger partial charge in [0.1, 0.15) is 4.87 Å². The minimum Gasteiger partial charge on any atom is -0.320 e. The van der Waals surface area contributed by atoms with E-state index in [9.17, 15) is 13.2 Å². The maximum atomic E-state index is 12.4. The van der Waals surface area contributed by atoms with Crippen molar-refractivity contribution in [2.45, 2.75) is 42.4 Å². The van der Waals surface area contributed by atoms with Crippen LogP contribution in [0.2, 0.25) is 0 Å². The normalized spacial score (nSPS) is 26.8. The highest BCUT2D eigenvalue weighted by Gasteiger charge is 2.44. The molecule has 4 N–H and O–H groups in total. The molecule has 1 heterocycles. The number of amides is 1. The smallest absolute Gasteiger partial charge is 0.282 e. The summed E-state index contributed by atoms with van der Waals surface area (Å²) in [6.45, 7) is 2.18. The van der Waals surface area contributed by atoms with Crippen LogP contribution in [0, 0.1) is 5.92 Å². The number of hydrogen-bond acceptors (Lipinski definition) is 6. The highest BCUT2D eigenvalue weighted by Crippen LogP contribution is 2.45. The molecular weight excluding hydrogens is 348 g/mol. The molecule has 2 atom stereocenters. The number of anilines is 1. The van der Waals surface area contributed by atoms with Gasteiger partial charge in [-0.2, -0.15) is 5.10 Å². The molecule has 2 unspecified atom stereocenters. The Morgan fingerprint density at radius 1 is 1.38 bits per heavy atom. The van der Waals surface area contributed by atoms with Gasteiger partial charge in [-0.3, -0.25) is 10.2 Å². The van der Waals surface area contributed by atoms with E-state index in [1.807, 2.05) is 0 Å². The Labute approximate surface area is 145 Å². The van der Waals surface area contributed by atoms with Crippen molar-refractivity contribution in [2.24, 2.45) is 16.2 Å². The molecule has 130 valence electrons. The van der Waals surface area contributed by atoms with Crippen molar-refractivity contribution in [2.75, 3.05) is 5.32 Å². The van der Waals surface area contributed by atoms with E-state index in [0.29, 0.717) is 16.6 Å². The molecule has 9 heteroatoms. The molecule has 1 aliphatic heterocycles. The highest BCUT2D eigenvalue weighted by molar-refractivity contribution is 8.17. The first-order valence-corrected chi connectivity index (χ1v) is 10.1. The summed E-state index contributed by atoms with van der Waals surface area (Å²) in [5.41, 5.74) is 3.66. The minimum atomic E-state index is -3.74. The zero-order chi connectivity index (χ0) is 17.4. The van der Waals surface area contributed by atoms with Crippen LogP contribution in [0.3, 0.4) is 0 Å². The van der Waals surface area contributed by atoms with Crippen LogP contribution in [0.15, 0.2) is 34.3 Å². The topological polar surface area (TPSA) is 114 Å². The van der Waals surface area contributed by atoms with Gasteiger partial charge in [-0.25, -0.2) is 13.6 Å². The second-order valence-corrected chi connectivity index (χ2v) is 9.07. The van der Waals surface area contributed by atoms with Crippen LogP contribution in [0.5, 0.6) is 0 Å². The lowest BCUT2D eigenvalue weighted by atomic mass is 9.85. The maximum absolute atomic E-state index is 12.4. The molecule has 1 aromatic carbocycles. The van der Waals surface area contributed by atoms with E-state index < -0.39 is 10.0 Å². The molecule has 1 amide bonds. The molecule has 2 aliphatic rings. The molecule has 1 aromatic rings. The number of benzene rings is 1. The van der Waals surface area contributed by atoms with E-state index in [1.54, 1.807) is 0 Å². The second kappa shape index (κ2) is 6.38. The van der Waals surface area contributed by atoms with Crippen LogP contribution in [0.1, 0.15) is 32.6 Å². The summed E-state index contributed by atoms with van der Waals surface area (Å²) in [4.78, 5) is 12.2. The molecule has 7 nitrogen and oxygen atoms in total. The van der Waals surface area contributed by atoms with Crippen molar-refractivity contribution in [3.05, 3.63) is 24.3 Å². The standard InChI is InChI=1S/C15H20N4O3S2/c1-10-4-2-3-9-15(10)19-18-14(23-15)13(20)17-11-5-7-12(8-6-11)24(16,21)22/h5-8,10,19H,2-4,9H2,1H3,(H,17,20)(H2,16,21,22). The van der Waals surface area contributed by atoms with Crippen LogP contribution >= 0.6 is 11.8 Å². The number of nitrogens with one attached hydrogen (secondary N) is 2. The molecule has 0 bridgehead atoms. The van der Waals surface area contributed by atoms with E-state index in [1.165, 1.54) is 42.4 Å². The number of thioether (sulfide) groups is 1. The van der Waals surface area contributed by atoms with Gasteiger partial charge >= 0.3 is 0 Å². The largest absolute Gasteiger partial charge is 0.320 e. The number of hydrazone groups is 1. The van der Waals surface area contributed by atoms with E-state index in [4.69, 9.17) is 5.14 Å². The predicted octanol–water partition coefficient (Wildman–Crippen LogP) is 1.83. The van der Waals surface area contributed by atoms with Gasteiger partial charge in [0.2, 0.25) is 10.0 Å². The van der Waals surface area contributed by atoms with Crippen LogP contribution < -0.4 is 15.9 Å². The fourth-order valence-corrected chi connectivity index (χ4v) is 4.76. The summed E-state index contributed by atoms with van der Waals surface area (Å²) in [6.07, 6.45) is 4.45. The Morgan fingerprint density at radius 2 is 2.08 bits per heavy atom. The van der Waals surface area contributed by atoms with Crippen molar-refractivity contribution < 1.29 is 13.2 Å². The Kier molecular flexibility index (Phi) is 4.58. The molecule has 1 spiro atoms. The molecule has 1 aliphatic carbocycles. The SMILES string of the molecule is CC1CCCCC12NN=C(C(=O)Nc1ccc(S(N)(=O)=O)cc1)S2. The van der Waals surface area contributed by atoms with Gasteiger partial charge in [-0.1, -0.05) is 31.5 Å². The lowest BCUT2D eigenvalue weighted by molar-refractivity contribution is -0.110. The first-order valence-electron chi connectivity index (χ1n) is 7.78. The number of hydrogen-bond donors (Lipinski definition) is 3. The molecule has 0 aromatic heterocycles. The summed E-state index contributed by atoms with van der Waals surface area (Å²) in [7, 11) is -3.74. The van der Waals surface area contributed by atoms with Gasteiger partial charge in [0.25, 0.3) is 5.91 Å². The summed E-state index contributed by atoms with van der Waals surface area (Å²) in [5, 5.41) is 12.4. The van der Waals surface area contributed by atoms with Crippen LogP contribution in [0.4, 0.5) is 5.69 Å². The number of carbonyl (C=O) groups is 1. The molecule has 3 rings (SSSR count). The Bertz CT molecular complexity index is 776. The van der Waals surface area contributed by atoms with Crippen molar-refractivity contribution >= 4 is 38.4 Å². The van der Waals surface area contributed by atoms with Gasteiger partial charge in [-0.15, -0.1) is 0 Å². The summed E-state index contributed by atoms with van der Waals surface area (Å²) < 4.78 is 22.5. The third kappa shape index (κ3) is 3.42. The van der Waals surface area contributed by atoms with Gasteiger partial charge in [-0.05, 0) is 43.0 Å². The third-order valence-electron chi connectivity index (χ3n) is 4.49. The number of carbonyl (C=O) groups excluding carboxylic acids is 1. The summed E-state index contributed by atoms with van der Waals surface area (Å²) >= 11 is 1.49. The zero-order valence-electron chi connectivity index (χ0n) is 13.3. The summed E-state index contributed by atoms with van der Waals surface area (Å²) in [6, 6.07) is 5.73. The van der Waals surface area contributed by atoms with Crippen molar-refractivity contribution in [3.63, 3.8) is 0 Å². The van der Waals surface area contributed by atoms with Crippen molar-refractivity contribution in [1.29, 1.82) is 0 Å². The third-order valence-corrected chi connectivity index (χ3v) is 6.95. The number of sulfonamides is 1. The molecule has 1 fully saturated rings. The Morgan fingerprint density at radius 3 is 2.71 bits per heavy atom. The molecule has 24 heavy (non-hydrogen) atoms. The van der Waals surface area contributed by atoms with E-state index >= 15 is 0 Å². The van der Waals surface area contributed by atoms with Gasteiger partial charge in [0, 0.05) is 5.69 Å². The molecule has 0 radical (unpaired) electrons. The van der Waals surface area contributed by atoms with Crippen molar-refractivity contribution in [1.82, 2.24) is 5.43 Å². The average molecular weight is 368 g/mol. The van der Waals surface area contributed by atoms with E-state index in [2.05, 4.69) is 22.8 Å². The quantitative estimate of drug-likeness (QED) is 0.753. The molecule has 0 saturated heterocycles. The first kappa shape index (κ1) is 17.2. The predicted molar refractivity (Wildman–Crippen MR) is 95.0 cm³/mol. The van der Waals surface area contributed by atoms with Crippen LogP contribution in [0.25, 0.3) is 0 Å². The highest BCUT2D eigenvalue weighted by atomic mass is 32.2. The zero-order valence-corrected chi connectivity index (χ0v) is 14.9. The first-order chi connectivity index (χ1) is 11.3. The van der Waals surface area contributed by atoms with Crippen molar-refractivity contribution in [3.8, 4) is 0 Å². The molecule has 1 saturated carbocycles. The van der Waals surface area contributed by atoms with Gasteiger partial charge in [0.15, 0.2) is 5.04 Å². The fraction of sp³-hybridized carbons (Fsp3) is 0.467. The van der Waals surface area contributed by atoms with Crippen LogP contribution in [-0.4, -0.2) is 24.2 Å². The second-order valence-electron chi connectivity index (χ2n) is 6.19. The molecular formula is C15H20N4O3S2. The number of rotatable bonds is 3. The fourth-order valence-electron chi connectivity index (χ4n) is 3.01. The van der Waals surface area contributed by atoms with Gasteiger partial charge < -0.3 is 5.32 Å². The van der Waals surface area contributed by atoms with Gasteiger partial charge in [0.05, 0.1) is 4.90 Å². The number of primary sulfonamides is 1. The maximum Gasteiger partial charge on any atom is 0.282 e. The Hall–Kier alpha value is -1.58. The lowest BCUT2D eigenvalue weighted by Gasteiger charge is -2.37. The van der Waals surface area contributed by atoms with E-state index in [-0.39, 0.29) is 15.7 Å². The monoisotopic (exact) mass is 368 g/mol. The van der Waals surface area contributed by atoms with Crippen LogP contribution in [-0.2, 0) is 14.8 Å². The number of nitrogens with zero attached hydrogens (tertiary/aromatic N) is 1. The minimum absolute atomic E-state index is 0.00438.